The van der Waals surface area contributed by atoms with E-state index >= 15 is 0 Å². The molecule has 3 heteroatoms. The number of rotatable bonds is 5. The average Bonchev–Trinajstić information content (AvgIpc) is 3.25. The summed E-state index contributed by atoms with van der Waals surface area (Å²) >= 11 is 1.93. The van der Waals surface area contributed by atoms with Crippen molar-refractivity contribution in [2.75, 3.05) is 12.3 Å². The molecule has 4 rings (SSSR count). The lowest BCUT2D eigenvalue weighted by Crippen LogP contribution is -2.17. The van der Waals surface area contributed by atoms with Crippen molar-refractivity contribution in [2.24, 2.45) is 10.9 Å². The number of hydrogen-bond donors (Lipinski definition) is 1. The minimum absolute atomic E-state index is 0.632. The van der Waals surface area contributed by atoms with Crippen molar-refractivity contribution in [1.29, 1.82) is 0 Å². The number of fused-ring (bicyclic) bond motifs is 1. The maximum Gasteiger partial charge on any atom is 0.0520 e. The monoisotopic (exact) mass is 298 g/mol. The Morgan fingerprint density at radius 3 is 3.00 bits per heavy atom. The van der Waals surface area contributed by atoms with Gasteiger partial charge in [-0.25, -0.2) is 0 Å². The number of nitrogens with one attached hydrogen (secondary N) is 1. The molecule has 2 heterocycles. The molecule has 0 spiro atoms. The summed E-state index contributed by atoms with van der Waals surface area (Å²) in [4.78, 5) is 4.87. The Morgan fingerprint density at radius 1 is 1.24 bits per heavy atom. The summed E-state index contributed by atoms with van der Waals surface area (Å²) in [6.07, 6.45) is 15.4. The molecule has 2 aliphatic carbocycles. The molecule has 0 saturated heterocycles. The van der Waals surface area contributed by atoms with E-state index in [1.54, 1.807) is 5.57 Å². The van der Waals surface area contributed by atoms with Crippen LogP contribution in [0.15, 0.2) is 51.5 Å². The van der Waals surface area contributed by atoms with E-state index in [2.05, 4.69) is 35.0 Å². The van der Waals surface area contributed by atoms with Gasteiger partial charge in [-0.3, -0.25) is 4.99 Å². The van der Waals surface area contributed by atoms with E-state index in [0.717, 1.165) is 25.4 Å². The van der Waals surface area contributed by atoms with Gasteiger partial charge in [0.05, 0.1) is 5.71 Å². The van der Waals surface area contributed by atoms with Gasteiger partial charge in [-0.2, -0.15) is 0 Å². The van der Waals surface area contributed by atoms with Crippen LogP contribution in [0.3, 0.4) is 0 Å². The Labute approximate surface area is 131 Å². The zero-order valence-electron chi connectivity index (χ0n) is 12.3. The number of allylic oxidation sites excluding steroid dienone is 6. The molecule has 1 unspecified atom stereocenters. The van der Waals surface area contributed by atoms with Crippen LogP contribution in [0.4, 0.5) is 0 Å². The molecule has 1 saturated carbocycles. The third-order valence-electron chi connectivity index (χ3n) is 4.60. The number of thioether (sulfide) groups is 1. The zero-order chi connectivity index (χ0) is 14.1. The highest BCUT2D eigenvalue weighted by atomic mass is 32.2. The van der Waals surface area contributed by atoms with Crippen LogP contribution in [0.1, 0.15) is 32.1 Å². The Balaban J connectivity index is 1.38. The van der Waals surface area contributed by atoms with Crippen LogP contribution in [-0.2, 0) is 0 Å². The first kappa shape index (κ1) is 13.6. The first-order chi connectivity index (χ1) is 10.4. The lowest BCUT2D eigenvalue weighted by molar-refractivity contribution is 0.677. The molecule has 1 fully saturated rings. The van der Waals surface area contributed by atoms with Crippen molar-refractivity contribution in [2.45, 2.75) is 38.1 Å². The highest BCUT2D eigenvalue weighted by Crippen LogP contribution is 2.33. The van der Waals surface area contributed by atoms with Gasteiger partial charge in [-0.1, -0.05) is 23.8 Å². The van der Waals surface area contributed by atoms with Crippen LogP contribution in [0.25, 0.3) is 0 Å². The third kappa shape index (κ3) is 3.24. The lowest BCUT2D eigenvalue weighted by atomic mass is 9.87. The summed E-state index contributed by atoms with van der Waals surface area (Å²) < 4.78 is 0. The van der Waals surface area contributed by atoms with E-state index in [9.17, 15) is 0 Å². The molecule has 1 atom stereocenters. The van der Waals surface area contributed by atoms with Crippen LogP contribution in [0, 0.1) is 5.92 Å². The van der Waals surface area contributed by atoms with Crippen molar-refractivity contribution in [3.05, 3.63) is 46.6 Å². The van der Waals surface area contributed by atoms with Crippen LogP contribution < -0.4 is 5.32 Å². The molecule has 110 valence electrons. The summed E-state index contributed by atoms with van der Waals surface area (Å²) in [5.41, 5.74) is 5.43. The number of aliphatic imine (C=N–C) groups is 1. The maximum atomic E-state index is 4.87. The molecule has 21 heavy (non-hydrogen) atoms. The fourth-order valence-electron chi connectivity index (χ4n) is 3.16. The van der Waals surface area contributed by atoms with Gasteiger partial charge < -0.3 is 5.32 Å². The van der Waals surface area contributed by atoms with Gasteiger partial charge in [0.25, 0.3) is 0 Å². The largest absolute Gasteiger partial charge is 0.314 e. The molecule has 0 radical (unpaired) electrons. The molecule has 0 aromatic heterocycles. The van der Waals surface area contributed by atoms with Crippen LogP contribution in [-0.4, -0.2) is 24.1 Å². The van der Waals surface area contributed by atoms with Crippen molar-refractivity contribution in [3.8, 4) is 0 Å². The predicted molar refractivity (Wildman–Crippen MR) is 91.6 cm³/mol. The van der Waals surface area contributed by atoms with Gasteiger partial charge in [-0.15, -0.1) is 11.8 Å². The summed E-state index contributed by atoms with van der Waals surface area (Å²) in [7, 11) is 0. The highest BCUT2D eigenvalue weighted by Gasteiger charge is 2.23. The molecular weight excluding hydrogens is 276 g/mol. The second-order valence-corrected chi connectivity index (χ2v) is 7.32. The highest BCUT2D eigenvalue weighted by molar-refractivity contribution is 8.02. The van der Waals surface area contributed by atoms with Gasteiger partial charge >= 0.3 is 0 Å². The smallest absolute Gasteiger partial charge is 0.0520 e. The van der Waals surface area contributed by atoms with Crippen molar-refractivity contribution in [1.82, 2.24) is 5.32 Å². The van der Waals surface area contributed by atoms with E-state index in [-0.39, 0.29) is 0 Å². The maximum absolute atomic E-state index is 4.87. The molecule has 0 aromatic rings. The Morgan fingerprint density at radius 2 is 2.19 bits per heavy atom. The van der Waals surface area contributed by atoms with E-state index in [1.807, 2.05) is 11.8 Å². The first-order valence-corrected chi connectivity index (χ1v) is 9.14. The summed E-state index contributed by atoms with van der Waals surface area (Å²) in [6, 6.07) is 0.797. The fourth-order valence-corrected chi connectivity index (χ4v) is 3.99. The molecular formula is C18H22N2S. The number of hydrogen-bond acceptors (Lipinski definition) is 3. The predicted octanol–water partition coefficient (Wildman–Crippen LogP) is 3.99. The Kier molecular flexibility index (Phi) is 3.87. The topological polar surface area (TPSA) is 24.4 Å². The van der Waals surface area contributed by atoms with Crippen LogP contribution >= 0.6 is 11.8 Å². The summed E-state index contributed by atoms with van der Waals surface area (Å²) in [5.74, 6) is 1.88. The first-order valence-electron chi connectivity index (χ1n) is 8.09. The van der Waals surface area contributed by atoms with Gasteiger partial charge in [0.2, 0.25) is 0 Å². The number of nitrogens with zero attached hydrogens (tertiary/aromatic N) is 1. The van der Waals surface area contributed by atoms with Crippen molar-refractivity contribution < 1.29 is 0 Å². The lowest BCUT2D eigenvalue weighted by Gasteiger charge is -2.22. The molecule has 1 N–H and O–H groups in total. The van der Waals surface area contributed by atoms with Crippen molar-refractivity contribution >= 4 is 17.5 Å². The fraction of sp³-hybridized carbons (Fsp3) is 0.500. The van der Waals surface area contributed by atoms with Gasteiger partial charge in [0.15, 0.2) is 0 Å². The van der Waals surface area contributed by atoms with Gasteiger partial charge in [-0.05, 0) is 48.0 Å². The SMILES string of the molecule is C1=CC(C2=CC=C3C=C(CCNC4CC4)N=C3C2)CCS1. The second-order valence-electron chi connectivity index (χ2n) is 6.31. The quantitative estimate of drug-likeness (QED) is 0.830. The van der Waals surface area contributed by atoms with Gasteiger partial charge in [0, 0.05) is 31.1 Å². The van der Waals surface area contributed by atoms with Crippen molar-refractivity contribution in [3.63, 3.8) is 0 Å². The van der Waals surface area contributed by atoms with Gasteiger partial charge in [0.1, 0.15) is 0 Å². The molecule has 2 nitrogen and oxygen atoms in total. The standard InChI is InChI=1S/C18H22N2S/c1-2-15-11-17(5-8-19-16-3-4-16)20-18(15)12-14(1)13-6-9-21-10-7-13/h1-2,6,9,11,13,16,19H,3-5,7-8,10,12H2. The van der Waals surface area contributed by atoms with Crippen LogP contribution in [0.5, 0.6) is 0 Å². The average molecular weight is 298 g/mol. The molecule has 0 amide bonds. The minimum Gasteiger partial charge on any atom is -0.314 e. The molecule has 4 aliphatic rings. The summed E-state index contributed by atoms with van der Waals surface area (Å²) in [6.45, 7) is 1.07. The second kappa shape index (κ2) is 5.98. The minimum atomic E-state index is 0.632. The Hall–Kier alpha value is -1.06. The van der Waals surface area contributed by atoms with E-state index in [0.29, 0.717) is 5.92 Å². The molecule has 2 aliphatic heterocycles. The van der Waals surface area contributed by atoms with E-state index in [4.69, 9.17) is 4.99 Å². The zero-order valence-corrected chi connectivity index (χ0v) is 13.2. The van der Waals surface area contributed by atoms with E-state index < -0.39 is 0 Å². The summed E-state index contributed by atoms with van der Waals surface area (Å²) in [5, 5.41) is 5.83. The Bertz CT molecular complexity index is 576. The molecule has 0 bridgehead atoms. The molecule has 0 aromatic carbocycles. The third-order valence-corrected chi connectivity index (χ3v) is 5.43. The van der Waals surface area contributed by atoms with E-state index in [1.165, 1.54) is 42.0 Å². The normalized spacial score (nSPS) is 27.7. The van der Waals surface area contributed by atoms with Crippen LogP contribution in [0.2, 0.25) is 0 Å².